The summed E-state index contributed by atoms with van der Waals surface area (Å²) < 4.78 is 1.54. The third-order valence-corrected chi connectivity index (χ3v) is 7.48. The van der Waals surface area contributed by atoms with Crippen molar-refractivity contribution in [3.63, 3.8) is 0 Å². The lowest BCUT2D eigenvalue weighted by molar-refractivity contribution is -0.128. The molecular weight excluding hydrogens is 454 g/mol. The minimum Gasteiger partial charge on any atom is -0.390 e. The van der Waals surface area contributed by atoms with Crippen LogP contribution in [0.1, 0.15) is 37.3 Å². The molecule has 180 valence electrons. The van der Waals surface area contributed by atoms with Gasteiger partial charge < -0.3 is 20.4 Å². The van der Waals surface area contributed by atoms with Crippen molar-refractivity contribution in [2.24, 2.45) is 5.92 Å². The van der Waals surface area contributed by atoms with Crippen LogP contribution in [0, 0.1) is 5.92 Å². The van der Waals surface area contributed by atoms with Gasteiger partial charge in [-0.2, -0.15) is 0 Å². The predicted octanol–water partition coefficient (Wildman–Crippen LogP) is 1.35. The van der Waals surface area contributed by atoms with Crippen molar-refractivity contribution in [2.45, 2.75) is 55.1 Å². The van der Waals surface area contributed by atoms with E-state index in [2.05, 4.69) is 49.8 Å². The maximum Gasteiger partial charge on any atom is 0.225 e. The Morgan fingerprint density at radius 1 is 1.21 bits per heavy atom. The molecule has 10 nitrogen and oxygen atoms in total. The minimum absolute atomic E-state index is 0.245. The van der Waals surface area contributed by atoms with E-state index in [1.807, 2.05) is 26.3 Å². The summed E-state index contributed by atoms with van der Waals surface area (Å²) in [5.74, 6) is 0.119. The van der Waals surface area contributed by atoms with Crippen LogP contribution in [0.5, 0.6) is 0 Å². The number of hydrogen-bond acceptors (Lipinski definition) is 9. The van der Waals surface area contributed by atoms with Gasteiger partial charge in [-0.3, -0.25) is 4.79 Å². The monoisotopic (exact) mass is 483 g/mol. The highest BCUT2D eigenvalue weighted by atomic mass is 32.2. The van der Waals surface area contributed by atoms with Gasteiger partial charge in [0.1, 0.15) is 6.10 Å². The number of aromatic nitrogens is 5. The number of likely N-dealkylation sites (N-methyl/N-ethyl adjacent to an activating group) is 1. The van der Waals surface area contributed by atoms with E-state index in [0.717, 1.165) is 6.42 Å². The Balaban J connectivity index is 1.47. The van der Waals surface area contributed by atoms with E-state index in [9.17, 15) is 15.0 Å². The number of anilines is 1. The van der Waals surface area contributed by atoms with Gasteiger partial charge in [0.2, 0.25) is 5.91 Å². The Hall–Kier alpha value is -2.76. The van der Waals surface area contributed by atoms with Gasteiger partial charge in [-0.25, -0.2) is 14.6 Å². The number of hydrogen-bond donors (Lipinski definition) is 3. The number of thioether (sulfide) groups is 1. The summed E-state index contributed by atoms with van der Waals surface area (Å²) in [4.78, 5) is 23.9. The van der Waals surface area contributed by atoms with Crippen LogP contribution in [0.2, 0.25) is 0 Å². The quantitative estimate of drug-likeness (QED) is 0.337. The van der Waals surface area contributed by atoms with Gasteiger partial charge in [0.05, 0.1) is 18.1 Å². The highest BCUT2D eigenvalue weighted by molar-refractivity contribution is 7.98. The second kappa shape index (κ2) is 9.12. The number of rotatable bonds is 7. The molecule has 3 N–H and O–H groups in total. The maximum absolute atomic E-state index is 12.4. The van der Waals surface area contributed by atoms with Gasteiger partial charge in [0.15, 0.2) is 22.1 Å². The highest BCUT2D eigenvalue weighted by Gasteiger charge is 2.47. The summed E-state index contributed by atoms with van der Waals surface area (Å²) in [5.41, 5.74) is 2.34. The van der Waals surface area contributed by atoms with Crippen molar-refractivity contribution in [3.8, 4) is 0 Å². The number of aliphatic hydroxyl groups is 2. The molecular formula is C23H29N7O3S. The average Bonchev–Trinajstić information content (AvgIpc) is 3.47. The van der Waals surface area contributed by atoms with E-state index < -0.39 is 24.2 Å². The SMILES string of the molecule is CCNC(=O)[C@@H]1C[C@H](n2nnc3c(N(C)C4CC4c4ccccc4)nc(SC)nc32)[C@@H](O)[C@H]1O. The molecule has 3 aromatic rings. The number of aliphatic hydroxyl groups excluding tert-OH is 2. The molecule has 0 spiro atoms. The first-order valence-electron chi connectivity index (χ1n) is 11.5. The fourth-order valence-electron chi connectivity index (χ4n) is 5.00. The zero-order valence-electron chi connectivity index (χ0n) is 19.4. The number of carbonyl (C=O) groups is 1. The van der Waals surface area contributed by atoms with Gasteiger partial charge in [-0.15, -0.1) is 5.10 Å². The molecule has 6 atom stereocenters. The second-order valence-corrected chi connectivity index (χ2v) is 9.73. The van der Waals surface area contributed by atoms with Crippen LogP contribution in [0.25, 0.3) is 11.2 Å². The van der Waals surface area contributed by atoms with Crippen molar-refractivity contribution < 1.29 is 15.0 Å². The molecule has 0 saturated heterocycles. The summed E-state index contributed by atoms with van der Waals surface area (Å²) in [6, 6.07) is 10.1. The number of nitrogens with one attached hydrogen (secondary N) is 1. The van der Waals surface area contributed by atoms with Gasteiger partial charge in [-0.05, 0) is 31.6 Å². The van der Waals surface area contributed by atoms with Crippen LogP contribution in [0.15, 0.2) is 35.5 Å². The van der Waals surface area contributed by atoms with Gasteiger partial charge in [-0.1, -0.05) is 47.3 Å². The highest BCUT2D eigenvalue weighted by Crippen LogP contribution is 2.46. The molecule has 2 saturated carbocycles. The molecule has 34 heavy (non-hydrogen) atoms. The van der Waals surface area contributed by atoms with Crippen LogP contribution in [-0.2, 0) is 4.79 Å². The standard InChI is InChI=1S/C23H29N7O3S/c1-4-24-22(33)14-11-16(19(32)18(14)31)30-21-17(27-28-30)20(25-23(26-21)34-3)29(2)15-10-13(15)12-8-6-5-7-9-12/h5-9,13-16,18-19,31-32H,4,10-11H2,1-3H3,(H,24,33)/t13?,14-,15?,16+,18+,19-/m1/s1. The van der Waals surface area contributed by atoms with Crippen molar-refractivity contribution in [1.82, 2.24) is 30.3 Å². The normalized spacial score (nSPS) is 28.3. The van der Waals surface area contributed by atoms with Crippen LogP contribution < -0.4 is 10.2 Å². The first-order chi connectivity index (χ1) is 16.4. The Morgan fingerprint density at radius 3 is 2.68 bits per heavy atom. The number of benzene rings is 1. The summed E-state index contributed by atoms with van der Waals surface area (Å²) in [5, 5.41) is 33.3. The smallest absolute Gasteiger partial charge is 0.225 e. The summed E-state index contributed by atoms with van der Waals surface area (Å²) in [6.45, 7) is 2.28. The topological polar surface area (TPSA) is 129 Å². The summed E-state index contributed by atoms with van der Waals surface area (Å²) in [7, 11) is 2.01. The molecule has 2 aliphatic rings. The summed E-state index contributed by atoms with van der Waals surface area (Å²) >= 11 is 1.42. The lowest BCUT2D eigenvalue weighted by Gasteiger charge is -2.20. The van der Waals surface area contributed by atoms with E-state index in [0.29, 0.717) is 40.6 Å². The second-order valence-electron chi connectivity index (χ2n) is 8.96. The zero-order chi connectivity index (χ0) is 24.0. The number of nitrogens with zero attached hydrogens (tertiary/aromatic N) is 6. The molecule has 2 aromatic heterocycles. The maximum atomic E-state index is 12.4. The molecule has 0 aliphatic heterocycles. The lowest BCUT2D eigenvalue weighted by atomic mass is 10.0. The van der Waals surface area contributed by atoms with Crippen LogP contribution in [0.4, 0.5) is 5.82 Å². The Bertz CT molecular complexity index is 1190. The Labute approximate surface area is 201 Å². The van der Waals surface area contributed by atoms with E-state index in [-0.39, 0.29) is 12.3 Å². The first-order valence-corrected chi connectivity index (χ1v) is 12.8. The van der Waals surface area contributed by atoms with E-state index in [1.165, 1.54) is 17.3 Å². The van der Waals surface area contributed by atoms with Crippen molar-refractivity contribution >= 4 is 34.7 Å². The van der Waals surface area contributed by atoms with Crippen LogP contribution in [0.3, 0.4) is 0 Å². The fourth-order valence-corrected chi connectivity index (χ4v) is 5.35. The molecule has 11 heteroatoms. The van der Waals surface area contributed by atoms with Crippen molar-refractivity contribution in [1.29, 1.82) is 0 Å². The molecule has 1 amide bonds. The average molecular weight is 484 g/mol. The molecule has 5 rings (SSSR count). The zero-order valence-corrected chi connectivity index (χ0v) is 20.2. The van der Waals surface area contributed by atoms with Gasteiger partial charge in [0.25, 0.3) is 0 Å². The van der Waals surface area contributed by atoms with Gasteiger partial charge >= 0.3 is 0 Å². The Morgan fingerprint density at radius 2 is 1.97 bits per heavy atom. The molecule has 2 unspecified atom stereocenters. The third-order valence-electron chi connectivity index (χ3n) is 6.94. The Kier molecular flexibility index (Phi) is 6.17. The molecule has 0 radical (unpaired) electrons. The molecule has 2 fully saturated rings. The molecule has 2 aliphatic carbocycles. The largest absolute Gasteiger partial charge is 0.390 e. The number of carbonyl (C=O) groups excluding carboxylic acids is 1. The molecule has 2 heterocycles. The van der Waals surface area contributed by atoms with Crippen molar-refractivity contribution in [3.05, 3.63) is 35.9 Å². The molecule has 1 aromatic carbocycles. The third kappa shape index (κ3) is 3.91. The van der Waals surface area contributed by atoms with Crippen molar-refractivity contribution in [2.75, 3.05) is 24.7 Å². The van der Waals surface area contributed by atoms with Gasteiger partial charge in [0, 0.05) is 25.6 Å². The fraction of sp³-hybridized carbons (Fsp3) is 0.522. The van der Waals surface area contributed by atoms with Crippen LogP contribution in [-0.4, -0.2) is 79.2 Å². The predicted molar refractivity (Wildman–Crippen MR) is 129 cm³/mol. The first kappa shape index (κ1) is 23.0. The van der Waals surface area contributed by atoms with Crippen LogP contribution >= 0.6 is 11.8 Å². The number of fused-ring (bicyclic) bond motifs is 1. The van der Waals surface area contributed by atoms with E-state index in [1.54, 1.807) is 4.68 Å². The molecule has 0 bridgehead atoms. The van der Waals surface area contributed by atoms with E-state index in [4.69, 9.17) is 4.98 Å². The minimum atomic E-state index is -1.18. The van der Waals surface area contributed by atoms with E-state index >= 15 is 0 Å². The lowest BCUT2D eigenvalue weighted by Crippen LogP contribution is -2.38. The summed E-state index contributed by atoms with van der Waals surface area (Å²) in [6.07, 6.45) is 0.837. The number of amides is 1.